The first-order valence-corrected chi connectivity index (χ1v) is 7.40. The number of rotatable bonds is 5. The fourth-order valence-electron chi connectivity index (χ4n) is 2.21. The zero-order valence-electron chi connectivity index (χ0n) is 11.5. The highest BCUT2D eigenvalue weighted by molar-refractivity contribution is 6.38. The summed E-state index contributed by atoms with van der Waals surface area (Å²) in [7, 11) is 0. The third-order valence-electron chi connectivity index (χ3n) is 3.14. The quantitative estimate of drug-likeness (QED) is 0.795. The predicted octanol–water partition coefficient (Wildman–Crippen LogP) is 5.44. The number of furan rings is 1. The standard InChI is InChI=1S/C15H19Cl2NO/c1-4-5-18-14(9(2)3)13-7-10-6-11(16)8-12(17)15(10)19-13/h6-9,14,18H,4-5H2,1-3H3. The molecule has 0 amide bonds. The van der Waals surface area contributed by atoms with Crippen LogP contribution in [0.5, 0.6) is 0 Å². The lowest BCUT2D eigenvalue weighted by Crippen LogP contribution is -2.25. The zero-order chi connectivity index (χ0) is 14.0. The van der Waals surface area contributed by atoms with Gasteiger partial charge < -0.3 is 9.73 Å². The van der Waals surface area contributed by atoms with Crippen LogP contribution in [-0.2, 0) is 0 Å². The van der Waals surface area contributed by atoms with Gasteiger partial charge >= 0.3 is 0 Å². The summed E-state index contributed by atoms with van der Waals surface area (Å²) in [6.45, 7) is 7.47. The summed E-state index contributed by atoms with van der Waals surface area (Å²) >= 11 is 12.2. The van der Waals surface area contributed by atoms with Crippen molar-refractivity contribution >= 4 is 34.2 Å². The van der Waals surface area contributed by atoms with E-state index in [1.807, 2.05) is 12.1 Å². The smallest absolute Gasteiger partial charge is 0.153 e. The van der Waals surface area contributed by atoms with E-state index in [1.54, 1.807) is 6.07 Å². The lowest BCUT2D eigenvalue weighted by Gasteiger charge is -2.19. The van der Waals surface area contributed by atoms with Gasteiger partial charge in [-0.3, -0.25) is 0 Å². The highest BCUT2D eigenvalue weighted by Crippen LogP contribution is 2.34. The van der Waals surface area contributed by atoms with Crippen LogP contribution in [0, 0.1) is 5.92 Å². The van der Waals surface area contributed by atoms with Gasteiger partial charge in [-0.25, -0.2) is 0 Å². The molecule has 2 nitrogen and oxygen atoms in total. The molecule has 0 radical (unpaired) electrons. The minimum absolute atomic E-state index is 0.196. The summed E-state index contributed by atoms with van der Waals surface area (Å²) in [5.74, 6) is 1.36. The van der Waals surface area contributed by atoms with E-state index in [9.17, 15) is 0 Å². The number of halogens is 2. The van der Waals surface area contributed by atoms with Crippen molar-refractivity contribution in [3.63, 3.8) is 0 Å². The van der Waals surface area contributed by atoms with Crippen molar-refractivity contribution in [3.8, 4) is 0 Å². The largest absolute Gasteiger partial charge is 0.458 e. The molecule has 104 valence electrons. The molecule has 2 aromatic rings. The van der Waals surface area contributed by atoms with E-state index in [4.69, 9.17) is 27.6 Å². The average molecular weight is 300 g/mol. The molecule has 0 aliphatic rings. The van der Waals surface area contributed by atoms with Crippen LogP contribution in [0.25, 0.3) is 11.0 Å². The molecule has 1 heterocycles. The van der Waals surface area contributed by atoms with E-state index in [2.05, 4.69) is 26.1 Å². The van der Waals surface area contributed by atoms with Crippen molar-refractivity contribution in [2.24, 2.45) is 5.92 Å². The highest BCUT2D eigenvalue weighted by atomic mass is 35.5. The maximum atomic E-state index is 6.17. The molecule has 1 aromatic heterocycles. The summed E-state index contributed by atoms with van der Waals surface area (Å²) in [4.78, 5) is 0. The lowest BCUT2D eigenvalue weighted by molar-refractivity contribution is 0.351. The second-order valence-electron chi connectivity index (χ2n) is 5.13. The summed E-state index contributed by atoms with van der Waals surface area (Å²) in [5, 5.41) is 5.66. The van der Waals surface area contributed by atoms with E-state index < -0.39 is 0 Å². The minimum Gasteiger partial charge on any atom is -0.458 e. The van der Waals surface area contributed by atoms with Crippen LogP contribution < -0.4 is 5.32 Å². The van der Waals surface area contributed by atoms with Crippen molar-refractivity contribution in [1.82, 2.24) is 5.32 Å². The first-order valence-electron chi connectivity index (χ1n) is 6.64. The molecule has 0 bridgehead atoms. The van der Waals surface area contributed by atoms with Crippen LogP contribution in [-0.4, -0.2) is 6.54 Å². The van der Waals surface area contributed by atoms with Crippen LogP contribution in [0.15, 0.2) is 22.6 Å². The summed E-state index contributed by atoms with van der Waals surface area (Å²) in [6.07, 6.45) is 1.09. The second-order valence-corrected chi connectivity index (χ2v) is 5.97. The Morgan fingerprint density at radius 3 is 2.58 bits per heavy atom. The van der Waals surface area contributed by atoms with Gasteiger partial charge in [-0.2, -0.15) is 0 Å². The first kappa shape index (κ1) is 14.7. The van der Waals surface area contributed by atoms with Crippen molar-refractivity contribution in [1.29, 1.82) is 0 Å². The molecule has 4 heteroatoms. The van der Waals surface area contributed by atoms with Crippen molar-refractivity contribution in [3.05, 3.63) is 34.0 Å². The molecular formula is C15H19Cl2NO. The maximum absolute atomic E-state index is 6.17. The van der Waals surface area contributed by atoms with Gasteiger partial charge in [0.2, 0.25) is 0 Å². The molecule has 0 saturated carbocycles. The molecule has 19 heavy (non-hydrogen) atoms. The van der Waals surface area contributed by atoms with Gasteiger partial charge in [0.25, 0.3) is 0 Å². The fourth-order valence-corrected chi connectivity index (χ4v) is 2.76. The molecule has 0 saturated heterocycles. The van der Waals surface area contributed by atoms with Gasteiger partial charge in [0.1, 0.15) is 5.76 Å². The van der Waals surface area contributed by atoms with Gasteiger partial charge in [-0.1, -0.05) is 44.0 Å². The van der Waals surface area contributed by atoms with Crippen LogP contribution in [0.2, 0.25) is 10.0 Å². The second kappa shape index (κ2) is 6.17. The topological polar surface area (TPSA) is 25.2 Å². The highest BCUT2D eigenvalue weighted by Gasteiger charge is 2.20. The Morgan fingerprint density at radius 2 is 1.95 bits per heavy atom. The van der Waals surface area contributed by atoms with E-state index >= 15 is 0 Å². The van der Waals surface area contributed by atoms with Crippen LogP contribution >= 0.6 is 23.2 Å². The van der Waals surface area contributed by atoms with Gasteiger partial charge in [-0.15, -0.1) is 0 Å². The van der Waals surface area contributed by atoms with E-state index in [0.29, 0.717) is 21.5 Å². The zero-order valence-corrected chi connectivity index (χ0v) is 13.0. The monoisotopic (exact) mass is 299 g/mol. The number of nitrogens with one attached hydrogen (secondary N) is 1. The van der Waals surface area contributed by atoms with E-state index in [0.717, 1.165) is 24.1 Å². The Labute approximate surface area is 124 Å². The third-order valence-corrected chi connectivity index (χ3v) is 3.64. The average Bonchev–Trinajstić information content (AvgIpc) is 2.73. The summed E-state index contributed by atoms with van der Waals surface area (Å²) < 4.78 is 5.92. The Bertz CT molecular complexity index is 563. The van der Waals surface area contributed by atoms with Gasteiger partial charge in [-0.05, 0) is 37.1 Å². The Morgan fingerprint density at radius 1 is 1.21 bits per heavy atom. The Kier molecular flexibility index (Phi) is 4.77. The van der Waals surface area contributed by atoms with Crippen LogP contribution in [0.3, 0.4) is 0 Å². The van der Waals surface area contributed by atoms with Gasteiger partial charge in [0, 0.05) is 10.4 Å². The molecule has 1 N–H and O–H groups in total. The van der Waals surface area contributed by atoms with Crippen molar-refractivity contribution in [2.75, 3.05) is 6.54 Å². The van der Waals surface area contributed by atoms with Crippen molar-refractivity contribution < 1.29 is 4.42 Å². The molecule has 1 atom stereocenters. The molecule has 2 rings (SSSR count). The van der Waals surface area contributed by atoms with E-state index in [-0.39, 0.29) is 6.04 Å². The summed E-state index contributed by atoms with van der Waals surface area (Å²) in [5.41, 5.74) is 0.713. The molecular weight excluding hydrogens is 281 g/mol. The molecule has 0 aliphatic carbocycles. The number of hydrogen-bond donors (Lipinski definition) is 1. The molecule has 0 fully saturated rings. The van der Waals surface area contributed by atoms with Gasteiger partial charge in [0.15, 0.2) is 5.58 Å². The van der Waals surface area contributed by atoms with E-state index in [1.165, 1.54) is 0 Å². The number of benzene rings is 1. The number of hydrogen-bond acceptors (Lipinski definition) is 2. The molecule has 0 aliphatic heterocycles. The molecule has 1 unspecified atom stereocenters. The fraction of sp³-hybridized carbons (Fsp3) is 0.467. The third kappa shape index (κ3) is 3.25. The molecule has 0 spiro atoms. The predicted molar refractivity (Wildman–Crippen MR) is 82.1 cm³/mol. The lowest BCUT2D eigenvalue weighted by atomic mass is 10.0. The SMILES string of the molecule is CCCNC(c1cc2cc(Cl)cc(Cl)c2o1)C(C)C. The normalized spacial score (nSPS) is 13.4. The first-order chi connectivity index (χ1) is 9.02. The minimum atomic E-state index is 0.196. The molecule has 1 aromatic carbocycles. The van der Waals surface area contributed by atoms with Crippen molar-refractivity contribution in [2.45, 2.75) is 33.2 Å². The number of fused-ring (bicyclic) bond motifs is 1. The Hall–Kier alpha value is -0.700. The van der Waals surface area contributed by atoms with Crippen LogP contribution in [0.4, 0.5) is 0 Å². The van der Waals surface area contributed by atoms with Crippen LogP contribution in [0.1, 0.15) is 39.0 Å². The Balaban J connectivity index is 2.40. The maximum Gasteiger partial charge on any atom is 0.153 e. The summed E-state index contributed by atoms with van der Waals surface area (Å²) in [6, 6.07) is 5.82. The van der Waals surface area contributed by atoms with Gasteiger partial charge in [0.05, 0.1) is 11.1 Å².